The largest absolute Gasteiger partial charge is 0.298 e. The third-order valence-electron chi connectivity index (χ3n) is 0.991. The molecule has 54 valence electrons. The molecule has 0 aliphatic heterocycles. The van der Waals surface area contributed by atoms with Crippen molar-refractivity contribution in [3.63, 3.8) is 0 Å². The highest BCUT2D eigenvalue weighted by atomic mass is 32.1. The predicted octanol–water partition coefficient (Wildman–Crippen LogP) is 2.50. The lowest BCUT2D eigenvalue weighted by Crippen LogP contribution is -1.75. The number of hydrogen-bond donors (Lipinski definition) is 0. The van der Waals surface area contributed by atoms with Crippen LogP contribution in [0.15, 0.2) is 11.4 Å². The number of alkyl halides is 2. The number of carbonyl (C=O) groups excluding carboxylic acids is 1. The summed E-state index contributed by atoms with van der Waals surface area (Å²) in [5, 5.41) is 1.41. The quantitative estimate of drug-likeness (QED) is 0.610. The van der Waals surface area contributed by atoms with E-state index in [1.165, 1.54) is 11.4 Å². The summed E-state index contributed by atoms with van der Waals surface area (Å²) in [5.74, 6) is 0. The predicted molar refractivity (Wildman–Crippen MR) is 34.7 cm³/mol. The molecule has 0 N–H and O–H groups in total. The second-order valence-corrected chi connectivity index (χ2v) is 2.64. The second kappa shape index (κ2) is 2.88. The molecular weight excluding hydrogens is 158 g/mol. The number of halogens is 2. The molecule has 1 rings (SSSR count). The first-order chi connectivity index (χ1) is 4.74. The van der Waals surface area contributed by atoms with Crippen molar-refractivity contribution < 1.29 is 13.6 Å². The van der Waals surface area contributed by atoms with Crippen LogP contribution in [-0.2, 0) is 0 Å². The van der Waals surface area contributed by atoms with Gasteiger partial charge in [0, 0.05) is 10.9 Å². The summed E-state index contributed by atoms with van der Waals surface area (Å²) in [7, 11) is 0. The van der Waals surface area contributed by atoms with E-state index < -0.39 is 6.43 Å². The summed E-state index contributed by atoms with van der Waals surface area (Å²) < 4.78 is 23.6. The Kier molecular flexibility index (Phi) is 2.11. The Morgan fingerprint density at radius 1 is 1.60 bits per heavy atom. The minimum Gasteiger partial charge on any atom is -0.298 e. The maximum absolute atomic E-state index is 11.8. The van der Waals surface area contributed by atoms with Crippen molar-refractivity contribution in [3.05, 3.63) is 21.9 Å². The molecule has 0 atom stereocenters. The van der Waals surface area contributed by atoms with Crippen molar-refractivity contribution >= 4 is 17.6 Å². The molecule has 1 nitrogen and oxygen atoms in total. The van der Waals surface area contributed by atoms with Crippen LogP contribution in [0.3, 0.4) is 0 Å². The molecule has 0 aromatic carbocycles. The lowest BCUT2D eigenvalue weighted by Gasteiger charge is -1.87. The lowest BCUT2D eigenvalue weighted by molar-refractivity contribution is 0.112. The van der Waals surface area contributed by atoms with Crippen LogP contribution < -0.4 is 0 Å². The first-order valence-corrected chi connectivity index (χ1v) is 3.43. The highest BCUT2D eigenvalue weighted by Gasteiger charge is 2.08. The fraction of sp³-hybridized carbons (Fsp3) is 0.167. The average molecular weight is 162 g/mol. The van der Waals surface area contributed by atoms with E-state index >= 15 is 0 Å². The van der Waals surface area contributed by atoms with Crippen LogP contribution in [0.2, 0.25) is 0 Å². The van der Waals surface area contributed by atoms with Crippen LogP contribution in [-0.4, -0.2) is 6.29 Å². The minimum absolute atomic E-state index is 0.0536. The highest BCUT2D eigenvalue weighted by Crippen LogP contribution is 2.24. The van der Waals surface area contributed by atoms with Crippen molar-refractivity contribution in [1.29, 1.82) is 0 Å². The Labute approximate surface area is 60.3 Å². The van der Waals surface area contributed by atoms with Crippen LogP contribution >= 0.6 is 11.3 Å². The van der Waals surface area contributed by atoms with E-state index in [9.17, 15) is 13.6 Å². The van der Waals surface area contributed by atoms with Gasteiger partial charge in [-0.05, 0) is 6.07 Å². The maximum atomic E-state index is 11.8. The van der Waals surface area contributed by atoms with Crippen LogP contribution in [0.5, 0.6) is 0 Å². The lowest BCUT2D eigenvalue weighted by atomic mass is 10.3. The molecule has 0 saturated carbocycles. The molecule has 0 aliphatic rings. The summed E-state index contributed by atoms with van der Waals surface area (Å²) in [4.78, 5) is 9.95. The molecule has 0 unspecified atom stereocenters. The zero-order valence-electron chi connectivity index (χ0n) is 4.88. The maximum Gasteiger partial charge on any atom is 0.272 e. The normalized spacial score (nSPS) is 10.3. The molecule has 0 aliphatic carbocycles. The Morgan fingerprint density at radius 3 is 2.60 bits per heavy atom. The van der Waals surface area contributed by atoms with E-state index in [0.29, 0.717) is 11.8 Å². The first-order valence-electron chi connectivity index (χ1n) is 2.56. The van der Waals surface area contributed by atoms with E-state index in [-0.39, 0.29) is 4.88 Å². The van der Waals surface area contributed by atoms with Crippen LogP contribution in [0.1, 0.15) is 21.7 Å². The SMILES string of the molecule is O=Cc1csc(C(F)F)c1. The van der Waals surface area contributed by atoms with E-state index in [0.717, 1.165) is 11.3 Å². The summed E-state index contributed by atoms with van der Waals surface area (Å²) in [6.07, 6.45) is -1.90. The van der Waals surface area contributed by atoms with Crippen LogP contribution in [0.4, 0.5) is 8.78 Å². The van der Waals surface area contributed by atoms with Gasteiger partial charge in [-0.2, -0.15) is 0 Å². The van der Waals surface area contributed by atoms with Gasteiger partial charge in [-0.15, -0.1) is 11.3 Å². The first kappa shape index (κ1) is 7.34. The summed E-state index contributed by atoms with van der Waals surface area (Å²) in [6.45, 7) is 0. The van der Waals surface area contributed by atoms with Gasteiger partial charge in [-0.3, -0.25) is 4.79 Å². The fourth-order valence-electron chi connectivity index (χ4n) is 0.545. The Bertz CT molecular complexity index is 231. The third-order valence-corrected chi connectivity index (χ3v) is 1.95. The van der Waals surface area contributed by atoms with Gasteiger partial charge in [0.15, 0.2) is 6.29 Å². The standard InChI is InChI=1S/C6H4F2OS/c7-6(8)5-1-4(2-9)3-10-5/h1-3,6H. The van der Waals surface area contributed by atoms with Gasteiger partial charge in [0.2, 0.25) is 0 Å². The summed E-state index contributed by atoms with van der Waals surface area (Å²) in [6, 6.07) is 1.20. The smallest absolute Gasteiger partial charge is 0.272 e. The molecule has 4 heteroatoms. The van der Waals surface area contributed by atoms with Crippen molar-refractivity contribution in [3.8, 4) is 0 Å². The van der Waals surface area contributed by atoms with Gasteiger partial charge in [-0.25, -0.2) is 8.78 Å². The molecule has 0 saturated heterocycles. The number of aldehydes is 1. The molecule has 0 fully saturated rings. The molecule has 1 aromatic heterocycles. The molecule has 0 spiro atoms. The summed E-state index contributed by atoms with van der Waals surface area (Å²) >= 11 is 0.901. The van der Waals surface area contributed by atoms with Crippen molar-refractivity contribution in [2.75, 3.05) is 0 Å². The Hall–Kier alpha value is -0.770. The molecule has 1 aromatic rings. The number of thiophene rings is 1. The van der Waals surface area contributed by atoms with E-state index in [1.54, 1.807) is 0 Å². The van der Waals surface area contributed by atoms with Gasteiger partial charge >= 0.3 is 0 Å². The van der Waals surface area contributed by atoms with Gasteiger partial charge in [0.25, 0.3) is 6.43 Å². The van der Waals surface area contributed by atoms with Crippen LogP contribution in [0, 0.1) is 0 Å². The molecule has 0 radical (unpaired) electrons. The summed E-state index contributed by atoms with van der Waals surface area (Å²) in [5.41, 5.74) is 0.320. The van der Waals surface area contributed by atoms with Gasteiger partial charge in [0.05, 0.1) is 4.88 Å². The molecule has 0 amide bonds. The number of rotatable bonds is 2. The van der Waals surface area contributed by atoms with Crippen molar-refractivity contribution in [2.45, 2.75) is 6.43 Å². The van der Waals surface area contributed by atoms with Crippen LogP contribution in [0.25, 0.3) is 0 Å². The van der Waals surface area contributed by atoms with E-state index in [1.807, 2.05) is 0 Å². The average Bonchev–Trinajstić information content (AvgIpc) is 2.34. The van der Waals surface area contributed by atoms with Gasteiger partial charge < -0.3 is 0 Å². The zero-order valence-corrected chi connectivity index (χ0v) is 5.70. The molecule has 10 heavy (non-hydrogen) atoms. The van der Waals surface area contributed by atoms with E-state index in [4.69, 9.17) is 0 Å². The van der Waals surface area contributed by atoms with E-state index in [2.05, 4.69) is 0 Å². The molecular formula is C6H4F2OS. The highest BCUT2D eigenvalue weighted by molar-refractivity contribution is 7.10. The fourth-order valence-corrected chi connectivity index (χ4v) is 1.25. The van der Waals surface area contributed by atoms with Crippen molar-refractivity contribution in [2.24, 2.45) is 0 Å². The zero-order chi connectivity index (χ0) is 7.56. The monoisotopic (exact) mass is 162 g/mol. The second-order valence-electron chi connectivity index (χ2n) is 1.70. The Morgan fingerprint density at radius 2 is 2.30 bits per heavy atom. The minimum atomic E-state index is -2.46. The third kappa shape index (κ3) is 1.39. The number of hydrogen-bond acceptors (Lipinski definition) is 2. The van der Waals surface area contributed by atoms with Gasteiger partial charge in [-0.1, -0.05) is 0 Å². The number of carbonyl (C=O) groups is 1. The molecule has 0 bridgehead atoms. The van der Waals surface area contributed by atoms with Gasteiger partial charge in [0.1, 0.15) is 0 Å². The van der Waals surface area contributed by atoms with Crippen molar-refractivity contribution in [1.82, 2.24) is 0 Å². The Balaban J connectivity index is 2.88. The molecule has 1 heterocycles. The topological polar surface area (TPSA) is 17.1 Å².